The first-order valence-electron chi connectivity index (χ1n) is 9.75. The Balaban J connectivity index is 1.89. The standard InChI is InChI=1S/C21H25ClN4O3S/c1-4-5-6-14-30(28,29)24-20(27)11-10-16-15(2)23-25(3)21(16)26-13-12-17-18(22)8-7-9-19(17)26/h7-13H,4-6,14H2,1-3H3,(H,24,27). The molecular weight excluding hydrogens is 424 g/mol. The van der Waals surface area contributed by atoms with Gasteiger partial charge in [0.15, 0.2) is 0 Å². The zero-order valence-corrected chi connectivity index (χ0v) is 18.8. The van der Waals surface area contributed by atoms with Crippen molar-refractivity contribution in [2.75, 3.05) is 5.75 Å². The number of amides is 1. The molecule has 1 N–H and O–H groups in total. The van der Waals surface area contributed by atoms with Gasteiger partial charge in [-0.15, -0.1) is 0 Å². The number of rotatable bonds is 8. The van der Waals surface area contributed by atoms with Crippen molar-refractivity contribution in [3.8, 4) is 5.82 Å². The summed E-state index contributed by atoms with van der Waals surface area (Å²) in [6, 6.07) is 7.57. The molecule has 30 heavy (non-hydrogen) atoms. The Bertz CT molecular complexity index is 1210. The van der Waals surface area contributed by atoms with Crippen LogP contribution in [0.3, 0.4) is 0 Å². The minimum Gasteiger partial charge on any atom is -0.301 e. The van der Waals surface area contributed by atoms with E-state index in [1.54, 1.807) is 10.8 Å². The molecule has 0 radical (unpaired) electrons. The number of hydrogen-bond acceptors (Lipinski definition) is 4. The molecule has 3 rings (SSSR count). The highest BCUT2D eigenvalue weighted by atomic mass is 35.5. The van der Waals surface area contributed by atoms with Crippen LogP contribution in [0.5, 0.6) is 0 Å². The molecule has 3 aromatic rings. The van der Waals surface area contributed by atoms with Gasteiger partial charge in [0.05, 0.1) is 17.0 Å². The zero-order chi connectivity index (χ0) is 21.9. The minimum absolute atomic E-state index is 0.0618. The number of fused-ring (bicyclic) bond motifs is 1. The SMILES string of the molecule is CCCCCS(=O)(=O)NC(=O)C=Cc1c(C)nn(C)c1-n1ccc2c(Cl)cccc21. The minimum atomic E-state index is -3.64. The Hall–Kier alpha value is -2.58. The van der Waals surface area contributed by atoms with Crippen molar-refractivity contribution in [3.05, 3.63) is 52.8 Å². The average Bonchev–Trinajstić information content (AvgIpc) is 3.20. The molecule has 0 aliphatic rings. The lowest BCUT2D eigenvalue weighted by Gasteiger charge is -2.08. The van der Waals surface area contributed by atoms with Crippen molar-refractivity contribution in [3.63, 3.8) is 0 Å². The van der Waals surface area contributed by atoms with E-state index in [1.807, 2.05) is 55.9 Å². The van der Waals surface area contributed by atoms with Gasteiger partial charge < -0.3 is 4.57 Å². The monoisotopic (exact) mass is 448 g/mol. The second-order valence-corrected chi connectivity index (χ2v) is 9.38. The van der Waals surface area contributed by atoms with E-state index in [-0.39, 0.29) is 5.75 Å². The van der Waals surface area contributed by atoms with Crippen LogP contribution in [0.1, 0.15) is 37.4 Å². The van der Waals surface area contributed by atoms with Gasteiger partial charge in [0.25, 0.3) is 5.91 Å². The molecule has 0 atom stereocenters. The lowest BCUT2D eigenvalue weighted by molar-refractivity contribution is -0.114. The van der Waals surface area contributed by atoms with Gasteiger partial charge in [-0.3, -0.25) is 9.48 Å². The van der Waals surface area contributed by atoms with Gasteiger partial charge in [-0.05, 0) is 37.6 Å². The molecule has 0 aliphatic carbocycles. The van der Waals surface area contributed by atoms with Crippen LogP contribution in [0, 0.1) is 6.92 Å². The number of carbonyl (C=O) groups is 1. The molecule has 9 heteroatoms. The number of sulfonamides is 1. The summed E-state index contributed by atoms with van der Waals surface area (Å²) in [6.45, 7) is 3.82. The number of benzene rings is 1. The van der Waals surface area contributed by atoms with E-state index >= 15 is 0 Å². The third-order valence-corrected chi connectivity index (χ3v) is 6.49. The maximum Gasteiger partial charge on any atom is 0.257 e. The molecule has 0 bridgehead atoms. The summed E-state index contributed by atoms with van der Waals surface area (Å²) in [7, 11) is -1.83. The third-order valence-electron chi connectivity index (χ3n) is 4.82. The molecule has 1 amide bonds. The Kier molecular flexibility index (Phi) is 6.67. The summed E-state index contributed by atoms with van der Waals surface area (Å²) < 4.78 is 29.8. The number of hydrogen-bond donors (Lipinski definition) is 1. The lowest BCUT2D eigenvalue weighted by atomic mass is 10.2. The summed E-state index contributed by atoms with van der Waals surface area (Å²) in [5, 5.41) is 6.01. The number of unbranched alkanes of at least 4 members (excludes halogenated alkanes) is 2. The van der Waals surface area contributed by atoms with Gasteiger partial charge in [0.2, 0.25) is 10.0 Å². The van der Waals surface area contributed by atoms with Crippen molar-refractivity contribution in [2.24, 2.45) is 7.05 Å². The molecular formula is C21H25ClN4O3S. The molecule has 1 aromatic carbocycles. The molecule has 2 aromatic heterocycles. The number of carbonyl (C=O) groups excluding carboxylic acids is 1. The quantitative estimate of drug-likeness (QED) is 0.417. The van der Waals surface area contributed by atoms with Crippen molar-refractivity contribution < 1.29 is 13.2 Å². The summed E-state index contributed by atoms with van der Waals surface area (Å²) in [5.41, 5.74) is 2.34. The Morgan fingerprint density at radius 3 is 2.77 bits per heavy atom. The lowest BCUT2D eigenvalue weighted by Crippen LogP contribution is -2.31. The second-order valence-electron chi connectivity index (χ2n) is 7.13. The van der Waals surface area contributed by atoms with Crippen LogP contribution in [0.4, 0.5) is 0 Å². The Morgan fingerprint density at radius 1 is 1.27 bits per heavy atom. The van der Waals surface area contributed by atoms with Gasteiger partial charge in [-0.1, -0.05) is 37.4 Å². The fourth-order valence-corrected chi connectivity index (χ4v) is 4.69. The Labute approximate surface area is 181 Å². The third kappa shape index (κ3) is 4.76. The smallest absolute Gasteiger partial charge is 0.257 e. The highest BCUT2D eigenvalue weighted by molar-refractivity contribution is 7.90. The van der Waals surface area contributed by atoms with Crippen molar-refractivity contribution in [1.29, 1.82) is 0 Å². The molecule has 2 heterocycles. The normalized spacial score (nSPS) is 12.1. The van der Waals surface area contributed by atoms with Crippen LogP contribution in [-0.2, 0) is 21.9 Å². The highest BCUT2D eigenvalue weighted by Crippen LogP contribution is 2.29. The number of halogens is 1. The van der Waals surface area contributed by atoms with Crippen LogP contribution >= 0.6 is 11.6 Å². The summed E-state index contributed by atoms with van der Waals surface area (Å²) in [6.07, 6.45) is 6.94. The van der Waals surface area contributed by atoms with E-state index in [9.17, 15) is 13.2 Å². The van der Waals surface area contributed by atoms with Crippen LogP contribution < -0.4 is 4.72 Å². The van der Waals surface area contributed by atoms with E-state index < -0.39 is 15.9 Å². The van der Waals surface area contributed by atoms with Crippen LogP contribution in [0.15, 0.2) is 36.5 Å². The summed E-state index contributed by atoms with van der Waals surface area (Å²) in [5.74, 6) is 0.00832. The number of aryl methyl sites for hydroxylation is 2. The van der Waals surface area contributed by atoms with Crippen molar-refractivity contribution in [1.82, 2.24) is 19.1 Å². The second kappa shape index (κ2) is 9.06. The predicted molar refractivity (Wildman–Crippen MR) is 120 cm³/mol. The van der Waals surface area contributed by atoms with Gasteiger partial charge in [-0.2, -0.15) is 5.10 Å². The summed E-state index contributed by atoms with van der Waals surface area (Å²) >= 11 is 6.29. The maximum absolute atomic E-state index is 12.2. The zero-order valence-electron chi connectivity index (χ0n) is 17.2. The van der Waals surface area contributed by atoms with E-state index in [0.29, 0.717) is 22.7 Å². The van der Waals surface area contributed by atoms with Crippen LogP contribution in [0.25, 0.3) is 22.8 Å². The number of nitrogens with one attached hydrogen (secondary N) is 1. The first-order chi connectivity index (χ1) is 14.2. The first kappa shape index (κ1) is 22.1. The fraction of sp³-hybridized carbons (Fsp3) is 0.333. The average molecular weight is 449 g/mol. The molecule has 0 saturated carbocycles. The molecule has 7 nitrogen and oxygen atoms in total. The van der Waals surface area contributed by atoms with Gasteiger partial charge in [0, 0.05) is 35.3 Å². The topological polar surface area (TPSA) is 86.0 Å². The van der Waals surface area contributed by atoms with E-state index in [1.165, 1.54) is 6.08 Å². The molecule has 0 saturated heterocycles. The largest absolute Gasteiger partial charge is 0.301 e. The molecule has 0 aliphatic heterocycles. The molecule has 0 spiro atoms. The van der Waals surface area contributed by atoms with Gasteiger partial charge in [0.1, 0.15) is 5.82 Å². The van der Waals surface area contributed by atoms with Crippen molar-refractivity contribution in [2.45, 2.75) is 33.1 Å². The molecule has 0 unspecified atom stereocenters. The first-order valence-corrected chi connectivity index (χ1v) is 11.8. The fourth-order valence-electron chi connectivity index (χ4n) is 3.40. The summed E-state index contributed by atoms with van der Waals surface area (Å²) in [4.78, 5) is 12.2. The maximum atomic E-state index is 12.2. The molecule has 160 valence electrons. The number of nitrogens with zero attached hydrogens (tertiary/aromatic N) is 3. The van der Waals surface area contributed by atoms with Gasteiger partial charge in [-0.25, -0.2) is 13.1 Å². The van der Waals surface area contributed by atoms with E-state index in [2.05, 4.69) is 9.82 Å². The van der Waals surface area contributed by atoms with Crippen molar-refractivity contribution >= 4 is 44.5 Å². The van der Waals surface area contributed by atoms with Crippen LogP contribution in [-0.4, -0.2) is 34.4 Å². The predicted octanol–water partition coefficient (Wildman–Crippen LogP) is 3.98. The Morgan fingerprint density at radius 2 is 2.03 bits per heavy atom. The number of aromatic nitrogens is 3. The van der Waals surface area contributed by atoms with E-state index in [0.717, 1.165) is 29.6 Å². The van der Waals surface area contributed by atoms with E-state index in [4.69, 9.17) is 11.6 Å². The van der Waals surface area contributed by atoms with Gasteiger partial charge >= 0.3 is 0 Å². The molecule has 0 fully saturated rings. The highest BCUT2D eigenvalue weighted by Gasteiger charge is 2.17. The van der Waals surface area contributed by atoms with Crippen LogP contribution in [0.2, 0.25) is 5.02 Å².